The second-order valence-corrected chi connectivity index (χ2v) is 6.73. The van der Waals surface area contributed by atoms with Crippen LogP contribution < -0.4 is 0 Å². The monoisotopic (exact) mass is 318 g/mol. The first-order valence-corrected chi connectivity index (χ1v) is 8.67. The van der Waals surface area contributed by atoms with Gasteiger partial charge in [-0.3, -0.25) is 9.59 Å². The van der Waals surface area contributed by atoms with Crippen molar-refractivity contribution in [1.82, 2.24) is 9.47 Å². The Kier molecular flexibility index (Phi) is 4.46. The van der Waals surface area contributed by atoms with Gasteiger partial charge in [0.15, 0.2) is 0 Å². The third-order valence-corrected chi connectivity index (χ3v) is 4.96. The number of hydrogen-bond acceptors (Lipinski definition) is 3. The molecule has 1 amide bonds. The van der Waals surface area contributed by atoms with Crippen LogP contribution in [0.1, 0.15) is 60.4 Å². The fraction of sp³-hybridized carbons (Fsp3) is 0.667. The van der Waals surface area contributed by atoms with Crippen molar-refractivity contribution in [2.75, 3.05) is 19.7 Å². The minimum absolute atomic E-state index is 0.0546. The molecule has 1 aromatic rings. The van der Waals surface area contributed by atoms with Gasteiger partial charge in [0.2, 0.25) is 0 Å². The Morgan fingerprint density at radius 1 is 1.26 bits per heavy atom. The molecule has 0 spiro atoms. The number of rotatable bonds is 4. The lowest BCUT2D eigenvalue weighted by atomic mass is 9.97. The van der Waals surface area contributed by atoms with Crippen molar-refractivity contribution in [3.8, 4) is 0 Å². The van der Waals surface area contributed by atoms with Crippen LogP contribution in [0.3, 0.4) is 0 Å². The average Bonchev–Trinajstić information content (AvgIpc) is 3.32. The van der Waals surface area contributed by atoms with Gasteiger partial charge in [-0.05, 0) is 52.5 Å². The summed E-state index contributed by atoms with van der Waals surface area (Å²) in [4.78, 5) is 26.7. The number of hydrogen-bond donors (Lipinski definition) is 0. The summed E-state index contributed by atoms with van der Waals surface area (Å²) in [6.45, 7) is 7.51. The molecule has 2 heterocycles. The molecule has 1 saturated carbocycles. The molecule has 2 aliphatic rings. The predicted octanol–water partition coefficient (Wildman–Crippen LogP) is 2.86. The molecular formula is C18H26N2O3. The Morgan fingerprint density at radius 3 is 2.65 bits per heavy atom. The molecule has 1 aliphatic heterocycles. The first-order valence-electron chi connectivity index (χ1n) is 8.67. The molecule has 1 atom stereocenters. The van der Waals surface area contributed by atoms with Crippen molar-refractivity contribution in [3.63, 3.8) is 0 Å². The number of likely N-dealkylation sites (tertiary alicyclic amines) is 1. The Bertz CT molecular complexity index is 616. The highest BCUT2D eigenvalue weighted by Gasteiger charge is 2.33. The van der Waals surface area contributed by atoms with Crippen molar-refractivity contribution in [3.05, 3.63) is 23.0 Å². The SMILES string of the molecule is CCOC(=O)C1CCCN(C(=O)c2cc(C)n(C3CC3)c2C)C1. The van der Waals surface area contributed by atoms with Crippen LogP contribution in [0.15, 0.2) is 6.07 Å². The van der Waals surface area contributed by atoms with Crippen molar-refractivity contribution in [1.29, 1.82) is 0 Å². The summed E-state index contributed by atoms with van der Waals surface area (Å²) in [7, 11) is 0. The molecule has 0 bridgehead atoms. The number of carbonyl (C=O) groups excluding carboxylic acids is 2. The summed E-state index contributed by atoms with van der Waals surface area (Å²) >= 11 is 0. The summed E-state index contributed by atoms with van der Waals surface area (Å²) in [5.74, 6) is -0.299. The summed E-state index contributed by atoms with van der Waals surface area (Å²) < 4.78 is 7.41. The van der Waals surface area contributed by atoms with Crippen molar-refractivity contribution < 1.29 is 14.3 Å². The zero-order chi connectivity index (χ0) is 16.6. The molecule has 0 N–H and O–H groups in total. The van der Waals surface area contributed by atoms with E-state index in [-0.39, 0.29) is 17.8 Å². The number of piperidine rings is 1. The highest BCUT2D eigenvalue weighted by molar-refractivity contribution is 5.96. The normalized spacial score (nSPS) is 21.3. The number of aryl methyl sites for hydroxylation is 1. The van der Waals surface area contributed by atoms with E-state index in [2.05, 4.69) is 11.5 Å². The van der Waals surface area contributed by atoms with Crippen molar-refractivity contribution in [2.24, 2.45) is 5.92 Å². The number of aromatic nitrogens is 1. The second-order valence-electron chi connectivity index (χ2n) is 6.73. The number of esters is 1. The summed E-state index contributed by atoms with van der Waals surface area (Å²) in [5, 5.41) is 0. The zero-order valence-electron chi connectivity index (χ0n) is 14.3. The molecule has 1 unspecified atom stereocenters. The molecule has 1 saturated heterocycles. The summed E-state index contributed by atoms with van der Waals surface area (Å²) in [5.41, 5.74) is 3.01. The fourth-order valence-corrected chi connectivity index (χ4v) is 3.67. The van der Waals surface area contributed by atoms with Crippen LogP contribution in [0.4, 0.5) is 0 Å². The highest BCUT2D eigenvalue weighted by atomic mass is 16.5. The fourth-order valence-electron chi connectivity index (χ4n) is 3.67. The number of nitrogens with zero attached hydrogens (tertiary/aromatic N) is 2. The maximum Gasteiger partial charge on any atom is 0.310 e. The summed E-state index contributed by atoms with van der Waals surface area (Å²) in [6, 6.07) is 2.58. The van der Waals surface area contributed by atoms with Gasteiger partial charge in [-0.1, -0.05) is 0 Å². The molecule has 1 aliphatic carbocycles. The standard InChI is InChI=1S/C18H26N2O3/c1-4-23-18(22)14-6-5-9-19(11-14)17(21)16-10-12(2)20(13(16)3)15-7-8-15/h10,14-15H,4-9,11H2,1-3H3. The first-order chi connectivity index (χ1) is 11.0. The largest absolute Gasteiger partial charge is 0.466 e. The van der Waals surface area contributed by atoms with Crippen LogP contribution in [0.5, 0.6) is 0 Å². The van der Waals surface area contributed by atoms with E-state index in [0.717, 1.165) is 36.3 Å². The van der Waals surface area contributed by atoms with Gasteiger partial charge in [0.25, 0.3) is 5.91 Å². The first kappa shape index (κ1) is 16.1. The van der Waals surface area contributed by atoms with Crippen molar-refractivity contribution >= 4 is 11.9 Å². The van der Waals surface area contributed by atoms with Gasteiger partial charge in [0.05, 0.1) is 18.1 Å². The van der Waals surface area contributed by atoms with Crippen LogP contribution in [0.2, 0.25) is 0 Å². The van der Waals surface area contributed by atoms with E-state index in [9.17, 15) is 9.59 Å². The minimum Gasteiger partial charge on any atom is -0.466 e. The Hall–Kier alpha value is -1.78. The van der Waals surface area contributed by atoms with E-state index in [0.29, 0.717) is 19.2 Å². The number of ether oxygens (including phenoxy) is 1. The molecule has 23 heavy (non-hydrogen) atoms. The van der Waals surface area contributed by atoms with E-state index in [1.165, 1.54) is 12.8 Å². The molecule has 1 aromatic heterocycles. The van der Waals surface area contributed by atoms with Crippen LogP contribution in [-0.2, 0) is 9.53 Å². The van der Waals surface area contributed by atoms with Gasteiger partial charge in [-0.2, -0.15) is 0 Å². The maximum atomic E-state index is 12.9. The Labute approximate surface area is 137 Å². The van der Waals surface area contributed by atoms with Gasteiger partial charge in [0, 0.05) is 30.5 Å². The van der Waals surface area contributed by atoms with Crippen LogP contribution in [0.25, 0.3) is 0 Å². The molecular weight excluding hydrogens is 292 g/mol. The Balaban J connectivity index is 1.75. The molecule has 5 nitrogen and oxygen atoms in total. The van der Waals surface area contributed by atoms with Gasteiger partial charge >= 0.3 is 5.97 Å². The predicted molar refractivity (Wildman–Crippen MR) is 87.4 cm³/mol. The van der Waals surface area contributed by atoms with E-state index in [4.69, 9.17) is 4.74 Å². The highest BCUT2D eigenvalue weighted by Crippen LogP contribution is 2.38. The minimum atomic E-state index is -0.181. The lowest BCUT2D eigenvalue weighted by Crippen LogP contribution is -2.43. The van der Waals surface area contributed by atoms with E-state index < -0.39 is 0 Å². The van der Waals surface area contributed by atoms with E-state index in [1.54, 1.807) is 0 Å². The lowest BCUT2D eigenvalue weighted by molar-refractivity contribution is -0.149. The number of amides is 1. The molecule has 5 heteroatoms. The van der Waals surface area contributed by atoms with Gasteiger partial charge in [-0.25, -0.2) is 0 Å². The van der Waals surface area contributed by atoms with E-state index in [1.807, 2.05) is 24.8 Å². The van der Waals surface area contributed by atoms with Crippen LogP contribution in [-0.4, -0.2) is 41.0 Å². The molecule has 2 fully saturated rings. The number of carbonyl (C=O) groups is 2. The maximum absolute atomic E-state index is 12.9. The van der Waals surface area contributed by atoms with Gasteiger partial charge in [0.1, 0.15) is 0 Å². The topological polar surface area (TPSA) is 51.5 Å². The third kappa shape index (κ3) is 3.14. The third-order valence-electron chi connectivity index (χ3n) is 4.96. The second kappa shape index (κ2) is 6.38. The van der Waals surface area contributed by atoms with Crippen LogP contribution in [0, 0.1) is 19.8 Å². The quantitative estimate of drug-likeness (QED) is 0.802. The van der Waals surface area contributed by atoms with Gasteiger partial charge < -0.3 is 14.2 Å². The van der Waals surface area contributed by atoms with Crippen molar-refractivity contribution in [2.45, 2.75) is 52.5 Å². The van der Waals surface area contributed by atoms with Crippen LogP contribution >= 0.6 is 0 Å². The van der Waals surface area contributed by atoms with Gasteiger partial charge in [-0.15, -0.1) is 0 Å². The average molecular weight is 318 g/mol. The van der Waals surface area contributed by atoms with E-state index >= 15 is 0 Å². The molecule has 0 aromatic carbocycles. The molecule has 126 valence electrons. The smallest absolute Gasteiger partial charge is 0.310 e. The summed E-state index contributed by atoms with van der Waals surface area (Å²) in [6.07, 6.45) is 4.08. The zero-order valence-corrected chi connectivity index (χ0v) is 14.3. The molecule has 3 rings (SSSR count). The Morgan fingerprint density at radius 2 is 2.00 bits per heavy atom. The molecule has 0 radical (unpaired) electrons. The lowest BCUT2D eigenvalue weighted by Gasteiger charge is -2.31.